The lowest BCUT2D eigenvalue weighted by molar-refractivity contribution is 0.653. The monoisotopic (exact) mass is 1830 g/mol. The number of benzene rings is 14. The Morgan fingerprint density at radius 1 is 0.275 bits per heavy atom. The molecule has 138 heavy (non-hydrogen) atoms. The van der Waals surface area contributed by atoms with E-state index in [-0.39, 0.29) is 0 Å². The molecule has 18 nitrogen and oxygen atoms in total. The van der Waals surface area contributed by atoms with Crippen molar-refractivity contribution in [2.45, 2.75) is 48.5 Å². The molecule has 26 rings (SSSR count). The van der Waals surface area contributed by atoms with Crippen molar-refractivity contribution in [1.29, 1.82) is 0 Å². The van der Waals surface area contributed by atoms with Crippen molar-refractivity contribution >= 4 is 129 Å². The van der Waals surface area contributed by atoms with Crippen LogP contribution in [-0.4, -0.2) is 78.9 Å². The average Bonchev–Trinajstić information content (AvgIpc) is 1.62. The maximum Gasteiger partial charge on any atom is 0.231 e. The Labute approximate surface area is 805 Å². The van der Waals surface area contributed by atoms with Gasteiger partial charge in [-0.25, -0.2) is 64.8 Å². The quantitative estimate of drug-likeness (QED) is 0.138. The molecule has 20 heteroatoms. The van der Waals surface area contributed by atoms with Crippen molar-refractivity contribution in [3.63, 3.8) is 0 Å². The summed E-state index contributed by atoms with van der Waals surface area (Å²) < 4.78 is 19.7. The molecule has 0 saturated carbocycles. The van der Waals surface area contributed by atoms with E-state index in [1.54, 1.807) is 28.9 Å². The van der Waals surface area contributed by atoms with Gasteiger partial charge in [-0.3, -0.25) is 4.57 Å². The van der Waals surface area contributed by atoms with Gasteiger partial charge in [0.15, 0.2) is 28.9 Å². The lowest BCUT2D eigenvalue weighted by atomic mass is 10.1. The molecule has 12 aromatic heterocycles. The highest BCUT2D eigenvalue weighted by Crippen LogP contribution is 2.39. The number of thiophene rings is 2. The highest BCUT2D eigenvalue weighted by atomic mass is 32.1. The van der Waals surface area contributed by atoms with Crippen LogP contribution in [-0.2, 0) is 7.05 Å². The Morgan fingerprint density at radius 3 is 1.28 bits per heavy atom. The van der Waals surface area contributed by atoms with Crippen LogP contribution in [0.2, 0.25) is 0 Å². The van der Waals surface area contributed by atoms with Gasteiger partial charge in [0.25, 0.3) is 0 Å². The van der Waals surface area contributed by atoms with Crippen LogP contribution < -0.4 is 0 Å². The second-order valence-corrected chi connectivity index (χ2v) is 34.6. The highest BCUT2D eigenvalue weighted by molar-refractivity contribution is 7.26. The number of aromatic nitrogens is 16. The standard InChI is InChI=1S/2C17H12N2O.2C17H12N2S.2C14H12N2.2C11H10N2/c1-11-16-15(13-9-5-6-10-14(13)20-16)19-17(18-11)12-7-3-2-4-8-12;1-11-15-13-9-5-6-10-14(13)20-17(15)19-16(18-11)12-7-3-2-4-8-12;1-11-16-15(13-9-5-6-10-14(13)20-16)19-17(18-11)12-7-3-2-4-8-12;1-11-15-13-9-5-6-10-14(13)20-17(15)19-16(18-11)12-7-3-2-4-8-12;1-16-13-10-6-5-9-12(13)15-14(16)11-7-3-2-4-8-11;1-11-15-13-9-5-6-10-14(13)16(11)12-7-3-2-4-8-12;1-9-12-7-11(8-13-9)10-5-3-2-4-6-10;1-9-12-8-7-11(13-9)10-5-3-2-4-6-10/h4*2-10H,1H3;2*2-10H,1H3;2*2-8H,1H3. The van der Waals surface area contributed by atoms with Crippen LogP contribution in [0, 0.1) is 48.5 Å². The Morgan fingerprint density at radius 2 is 0.703 bits per heavy atom. The smallest absolute Gasteiger partial charge is 0.231 e. The van der Waals surface area contributed by atoms with E-state index in [4.69, 9.17) is 18.8 Å². The SMILES string of the molecule is Cc1nc(-c2ccccc2)nc2c1oc1ccccc12.Cc1nc(-c2ccccc2)nc2c1sc1ccccc12.Cc1nc(-c2ccccc2)nc2oc3ccccc3c12.Cc1nc(-c2ccccc2)nc2sc3ccccc3c12.Cc1nc2ccccc2n1-c1ccccc1.Cc1ncc(-c2ccccc2)cn1.Cc1nccc(-c2ccccc2)n1.Cn1c(-c2ccccc2)nc2ccccc21. The van der Waals surface area contributed by atoms with E-state index in [2.05, 4.69) is 187 Å². The normalized spacial score (nSPS) is 10.9. The summed E-state index contributed by atoms with van der Waals surface area (Å²) >= 11 is 3.50. The summed E-state index contributed by atoms with van der Waals surface area (Å²) in [6.07, 6.45) is 5.47. The third-order valence-electron chi connectivity index (χ3n) is 23.0. The van der Waals surface area contributed by atoms with Crippen LogP contribution in [0.4, 0.5) is 0 Å². The minimum absolute atomic E-state index is 0.651. The van der Waals surface area contributed by atoms with Crippen molar-refractivity contribution in [3.8, 4) is 85.0 Å². The topological polar surface area (TPSA) is 217 Å². The molecule has 668 valence electrons. The molecule has 0 spiro atoms. The molecule has 26 aromatic rings. The molecule has 0 aliphatic heterocycles. The second kappa shape index (κ2) is 41.8. The first-order chi connectivity index (χ1) is 67.7. The number of aryl methyl sites for hydroxylation is 8. The number of nitrogens with zero attached hydrogens (tertiary/aromatic N) is 16. The van der Waals surface area contributed by atoms with Crippen molar-refractivity contribution in [2.75, 3.05) is 0 Å². The molecule has 0 aliphatic carbocycles. The van der Waals surface area contributed by atoms with E-state index in [0.717, 1.165) is 185 Å². The predicted octanol–water partition coefficient (Wildman–Crippen LogP) is 29.8. The first-order valence-electron chi connectivity index (χ1n) is 45.3. The van der Waals surface area contributed by atoms with Crippen molar-refractivity contribution < 1.29 is 8.83 Å². The van der Waals surface area contributed by atoms with Gasteiger partial charge in [0, 0.05) is 107 Å². The van der Waals surface area contributed by atoms with Gasteiger partial charge in [0.05, 0.1) is 66.1 Å². The zero-order valence-corrected chi connectivity index (χ0v) is 78.7. The molecule has 0 saturated heterocycles. The third kappa shape index (κ3) is 20.2. The Balaban J connectivity index is 0.000000101. The highest BCUT2D eigenvalue weighted by Gasteiger charge is 2.20. The van der Waals surface area contributed by atoms with E-state index in [1.807, 2.05) is 344 Å². The number of furan rings is 2. The minimum Gasteiger partial charge on any atom is -0.452 e. The van der Waals surface area contributed by atoms with E-state index in [1.165, 1.54) is 35.8 Å². The largest absolute Gasteiger partial charge is 0.452 e. The average molecular weight is 1830 g/mol. The van der Waals surface area contributed by atoms with Gasteiger partial charge in [0.2, 0.25) is 5.71 Å². The molecule has 0 fully saturated rings. The molecule has 0 N–H and O–H groups in total. The summed E-state index contributed by atoms with van der Waals surface area (Å²) in [7, 11) is 2.05. The lowest BCUT2D eigenvalue weighted by Gasteiger charge is -2.05. The van der Waals surface area contributed by atoms with E-state index in [9.17, 15) is 0 Å². The van der Waals surface area contributed by atoms with Gasteiger partial charge in [0.1, 0.15) is 44.8 Å². The van der Waals surface area contributed by atoms with Gasteiger partial charge in [-0.15, -0.1) is 22.7 Å². The fourth-order valence-electron chi connectivity index (χ4n) is 16.4. The number of hydrogen-bond acceptors (Lipinski definition) is 18. The molecule has 0 amide bonds. The van der Waals surface area contributed by atoms with E-state index in [0.29, 0.717) is 11.5 Å². The number of fused-ring (bicyclic) bond motifs is 14. The fourth-order valence-corrected chi connectivity index (χ4v) is 18.6. The Hall–Kier alpha value is -17.5. The molecule has 0 radical (unpaired) electrons. The zero-order chi connectivity index (χ0) is 94.2. The second-order valence-electron chi connectivity index (χ2n) is 32.5. The lowest BCUT2D eigenvalue weighted by Crippen LogP contribution is -1.95. The van der Waals surface area contributed by atoms with Crippen LogP contribution in [0.5, 0.6) is 0 Å². The van der Waals surface area contributed by atoms with Crippen LogP contribution in [0.3, 0.4) is 0 Å². The van der Waals surface area contributed by atoms with Gasteiger partial charge in [-0.05, 0) is 127 Å². The maximum atomic E-state index is 5.85. The summed E-state index contributed by atoms with van der Waals surface area (Å²) in [5, 5.41) is 6.76. The van der Waals surface area contributed by atoms with Crippen molar-refractivity contribution in [2.24, 2.45) is 7.05 Å². The molecule has 12 heterocycles. The minimum atomic E-state index is 0.651. The molecular formula is C118H92N16O2S2. The van der Waals surface area contributed by atoms with Crippen LogP contribution in [0.25, 0.3) is 192 Å². The molecule has 0 aliphatic rings. The number of rotatable bonds is 8. The molecular weight excluding hydrogens is 1740 g/mol. The molecule has 0 bridgehead atoms. The number of imidazole rings is 2. The number of para-hydroxylation sites is 7. The van der Waals surface area contributed by atoms with Gasteiger partial charge in [-0.2, -0.15) is 4.98 Å². The van der Waals surface area contributed by atoms with E-state index < -0.39 is 0 Å². The summed E-state index contributed by atoms with van der Waals surface area (Å²) in [5.41, 5.74) is 24.2. The summed E-state index contributed by atoms with van der Waals surface area (Å²) in [6, 6.07) is 132. The molecule has 0 unspecified atom stereocenters. The van der Waals surface area contributed by atoms with E-state index >= 15 is 0 Å². The fraction of sp³-hybridized carbons (Fsp3) is 0.0678. The van der Waals surface area contributed by atoms with Crippen molar-refractivity contribution in [1.82, 2.24) is 78.9 Å². The predicted molar refractivity (Wildman–Crippen MR) is 566 cm³/mol. The third-order valence-corrected chi connectivity index (χ3v) is 25.4. The summed E-state index contributed by atoms with van der Waals surface area (Å²) in [4.78, 5) is 64.3. The van der Waals surface area contributed by atoms with Crippen LogP contribution in [0.1, 0.15) is 40.2 Å². The van der Waals surface area contributed by atoms with Crippen LogP contribution >= 0.6 is 22.7 Å². The first kappa shape index (κ1) is 89.7. The molecule has 14 aromatic carbocycles. The van der Waals surface area contributed by atoms with Gasteiger partial charge in [-0.1, -0.05) is 322 Å². The summed E-state index contributed by atoms with van der Waals surface area (Å²) in [5.74, 6) is 6.70. The summed E-state index contributed by atoms with van der Waals surface area (Å²) in [6.45, 7) is 13.9. The van der Waals surface area contributed by atoms with Crippen LogP contribution in [0.15, 0.2) is 422 Å². The Kier molecular flexibility index (Phi) is 27.2. The zero-order valence-electron chi connectivity index (χ0n) is 77.0. The van der Waals surface area contributed by atoms with Crippen molar-refractivity contribution in [3.05, 3.63) is 453 Å². The number of hydrogen-bond donors (Lipinski definition) is 0. The first-order valence-corrected chi connectivity index (χ1v) is 46.9. The van der Waals surface area contributed by atoms with Gasteiger partial charge >= 0.3 is 0 Å². The van der Waals surface area contributed by atoms with Gasteiger partial charge < -0.3 is 13.4 Å². The Bertz CT molecular complexity index is 8340. The maximum absolute atomic E-state index is 5.85. The molecule has 0 atom stereocenters.